The number of rotatable bonds is 0. The van der Waals surface area contributed by atoms with Gasteiger partial charge in [-0.1, -0.05) is 0 Å². The fraction of sp³-hybridized carbons (Fsp3) is 0.500. The van der Waals surface area contributed by atoms with Crippen molar-refractivity contribution in [3.05, 3.63) is 6.92 Å². The van der Waals surface area contributed by atoms with Crippen molar-refractivity contribution in [1.29, 1.82) is 0 Å². The van der Waals surface area contributed by atoms with E-state index in [1.807, 2.05) is 0 Å². The molecular weight excluding hydrogens is 222 g/mol. The summed E-state index contributed by atoms with van der Waals surface area (Å²) in [4.78, 5) is 0. The minimum Gasteiger partial charge on any atom is -1.00 e. The number of hydrogen-bond acceptors (Lipinski definition) is 0. The van der Waals surface area contributed by atoms with Crippen LogP contribution >= 0.6 is 0 Å². The SMILES string of the molecule is [CH2-]C.[Cl-].[Cl-].[Cl-].[Zr+4]. The second-order valence-corrected chi connectivity index (χ2v) is 0. The molecule has 0 amide bonds. The normalized spacial score (nSPS) is 1.00. The zero-order chi connectivity index (χ0) is 2.00. The molecule has 0 bridgehead atoms. The molecule has 0 aromatic heterocycles. The van der Waals surface area contributed by atoms with Gasteiger partial charge in [-0.25, -0.2) is 0 Å². The Kier molecular flexibility index (Phi) is 565. The molecule has 0 heterocycles. The van der Waals surface area contributed by atoms with E-state index in [1.165, 1.54) is 0 Å². The van der Waals surface area contributed by atoms with E-state index >= 15 is 0 Å². The Morgan fingerprint density at radius 2 is 0.833 bits per heavy atom. The van der Waals surface area contributed by atoms with Crippen molar-refractivity contribution in [1.82, 2.24) is 0 Å². The fourth-order valence-electron chi connectivity index (χ4n) is 0. The maximum atomic E-state index is 3.25. The summed E-state index contributed by atoms with van der Waals surface area (Å²) in [6.07, 6.45) is 0. The van der Waals surface area contributed by atoms with Gasteiger partial charge in [-0.05, 0) is 0 Å². The largest absolute Gasteiger partial charge is 4.00 e. The molecule has 0 rings (SSSR count). The van der Waals surface area contributed by atoms with Crippen molar-refractivity contribution in [2.24, 2.45) is 0 Å². The van der Waals surface area contributed by atoms with E-state index in [4.69, 9.17) is 0 Å². The molecule has 0 aliphatic rings. The smallest absolute Gasteiger partial charge is 1.00 e. The van der Waals surface area contributed by atoms with Crippen LogP contribution in [0.5, 0.6) is 0 Å². The Labute approximate surface area is 76.8 Å². The van der Waals surface area contributed by atoms with Gasteiger partial charge in [0.25, 0.3) is 0 Å². The van der Waals surface area contributed by atoms with E-state index in [0.29, 0.717) is 0 Å². The summed E-state index contributed by atoms with van der Waals surface area (Å²) in [6.45, 7) is 5.00. The fourth-order valence-corrected chi connectivity index (χ4v) is 0. The van der Waals surface area contributed by atoms with Gasteiger partial charge in [0.2, 0.25) is 0 Å². The Balaban J connectivity index is -0.000000000833. The Hall–Kier alpha value is 1.75. The van der Waals surface area contributed by atoms with Crippen molar-refractivity contribution < 1.29 is 63.4 Å². The van der Waals surface area contributed by atoms with Crippen molar-refractivity contribution in [2.75, 3.05) is 0 Å². The minimum atomic E-state index is 0. The van der Waals surface area contributed by atoms with Gasteiger partial charge in [-0.2, -0.15) is 6.92 Å². The first-order valence-corrected chi connectivity index (χ1v) is 0.707. The first-order chi connectivity index (χ1) is 1.00. The summed E-state index contributed by atoms with van der Waals surface area (Å²) in [7, 11) is 0. The van der Waals surface area contributed by atoms with Crippen LogP contribution in [-0.4, -0.2) is 0 Å². The standard InChI is InChI=1S/C2H5.3ClH.Zr/c1-2;;;;/h1H2,2H3;3*1H;/q-1;;;;+4/p-3. The molecule has 0 aliphatic heterocycles. The molecule has 0 spiro atoms. The summed E-state index contributed by atoms with van der Waals surface area (Å²) < 4.78 is 0. The number of hydrogen-bond donors (Lipinski definition) is 0. The third kappa shape index (κ3) is 42.3. The Morgan fingerprint density at radius 1 is 0.833 bits per heavy atom. The van der Waals surface area contributed by atoms with E-state index in [0.717, 1.165) is 0 Å². The van der Waals surface area contributed by atoms with Crippen molar-refractivity contribution in [3.63, 3.8) is 0 Å². The molecule has 0 N–H and O–H groups in total. The predicted octanol–water partition coefficient (Wildman–Crippen LogP) is -8.15. The van der Waals surface area contributed by atoms with Crippen LogP contribution in [0.4, 0.5) is 0 Å². The summed E-state index contributed by atoms with van der Waals surface area (Å²) in [5.74, 6) is 0. The van der Waals surface area contributed by atoms with E-state index in [-0.39, 0.29) is 63.4 Å². The van der Waals surface area contributed by atoms with Gasteiger partial charge in [-0.3, -0.25) is 0 Å². The third-order valence-electron chi connectivity index (χ3n) is 0. The molecule has 0 radical (unpaired) electrons. The number of halogens is 3. The summed E-state index contributed by atoms with van der Waals surface area (Å²) in [5.41, 5.74) is 0. The van der Waals surface area contributed by atoms with Crippen LogP contribution in [0.15, 0.2) is 0 Å². The Bertz CT molecular complexity index is 8.75. The maximum Gasteiger partial charge on any atom is 4.00 e. The first kappa shape index (κ1) is 46.6. The van der Waals surface area contributed by atoms with Gasteiger partial charge in [-0.15, -0.1) is 0 Å². The molecule has 0 fully saturated rings. The molecule has 6 heavy (non-hydrogen) atoms. The van der Waals surface area contributed by atoms with Crippen LogP contribution in [0, 0.1) is 6.92 Å². The monoisotopic (exact) mass is 224 g/mol. The molecule has 0 aliphatic carbocycles. The average molecular weight is 227 g/mol. The van der Waals surface area contributed by atoms with Crippen molar-refractivity contribution in [2.45, 2.75) is 6.92 Å². The summed E-state index contributed by atoms with van der Waals surface area (Å²) in [6, 6.07) is 0. The van der Waals surface area contributed by atoms with E-state index in [9.17, 15) is 0 Å². The molecule has 0 nitrogen and oxygen atoms in total. The van der Waals surface area contributed by atoms with Crippen LogP contribution < -0.4 is 37.2 Å². The second kappa shape index (κ2) is 72.7. The zero-order valence-corrected chi connectivity index (χ0v) is 8.07. The van der Waals surface area contributed by atoms with Gasteiger partial charge >= 0.3 is 26.2 Å². The van der Waals surface area contributed by atoms with Crippen LogP contribution in [0.3, 0.4) is 0 Å². The van der Waals surface area contributed by atoms with Gasteiger partial charge in [0.15, 0.2) is 0 Å². The van der Waals surface area contributed by atoms with Crippen molar-refractivity contribution >= 4 is 0 Å². The molecule has 38 valence electrons. The predicted molar refractivity (Wildman–Crippen MR) is 11.0 cm³/mol. The van der Waals surface area contributed by atoms with Gasteiger partial charge < -0.3 is 44.1 Å². The quantitative estimate of drug-likeness (QED) is 0.360. The summed E-state index contributed by atoms with van der Waals surface area (Å²) in [5, 5.41) is 0. The molecule has 4 heteroatoms. The topological polar surface area (TPSA) is 0 Å². The van der Waals surface area contributed by atoms with Crippen molar-refractivity contribution in [3.8, 4) is 0 Å². The molecule has 0 atom stereocenters. The van der Waals surface area contributed by atoms with Crippen LogP contribution in [-0.2, 0) is 26.2 Å². The summed E-state index contributed by atoms with van der Waals surface area (Å²) >= 11 is 0. The van der Waals surface area contributed by atoms with E-state index in [1.54, 1.807) is 6.92 Å². The molecule has 0 aromatic carbocycles. The first-order valence-electron chi connectivity index (χ1n) is 0.707. The van der Waals surface area contributed by atoms with Crippen LogP contribution in [0.2, 0.25) is 0 Å². The average Bonchev–Trinajstić information content (AvgIpc) is 1.00. The molecule has 0 saturated heterocycles. The zero-order valence-electron chi connectivity index (χ0n) is 3.34. The van der Waals surface area contributed by atoms with E-state index < -0.39 is 0 Å². The van der Waals surface area contributed by atoms with Gasteiger partial charge in [0.05, 0.1) is 0 Å². The molecule has 0 unspecified atom stereocenters. The maximum absolute atomic E-state index is 3.25. The molecular formula is C2H5Cl3Zr. The second-order valence-electron chi connectivity index (χ2n) is 0. The van der Waals surface area contributed by atoms with Crippen LogP contribution in [0.25, 0.3) is 0 Å². The van der Waals surface area contributed by atoms with Gasteiger partial charge in [0, 0.05) is 0 Å². The third-order valence-corrected chi connectivity index (χ3v) is 0. The molecule has 0 saturated carbocycles. The van der Waals surface area contributed by atoms with Gasteiger partial charge in [0.1, 0.15) is 0 Å². The van der Waals surface area contributed by atoms with E-state index in [2.05, 4.69) is 6.92 Å². The minimum absolute atomic E-state index is 0. The van der Waals surface area contributed by atoms with Crippen LogP contribution in [0.1, 0.15) is 6.92 Å². The molecule has 0 aromatic rings. The Morgan fingerprint density at radius 3 is 0.833 bits per heavy atom.